The van der Waals surface area contributed by atoms with Crippen molar-refractivity contribution in [1.82, 2.24) is 9.80 Å². The van der Waals surface area contributed by atoms with E-state index in [9.17, 15) is 9.59 Å². The largest absolute Gasteiger partial charge is 0.304 e. The van der Waals surface area contributed by atoms with Crippen LogP contribution in [0.15, 0.2) is 18.2 Å². The average molecular weight is 308 g/mol. The maximum absolute atomic E-state index is 12.1. The van der Waals surface area contributed by atoms with Crippen molar-refractivity contribution in [2.45, 2.75) is 0 Å². The second-order valence-electron chi connectivity index (χ2n) is 5.59. The first-order valence-electron chi connectivity index (χ1n) is 7.13. The zero-order chi connectivity index (χ0) is 15.0. The zero-order valence-corrected chi connectivity index (χ0v) is 12.8. The van der Waals surface area contributed by atoms with Crippen molar-refractivity contribution in [2.75, 3.05) is 51.2 Å². The van der Waals surface area contributed by atoms with Crippen molar-refractivity contribution < 1.29 is 9.59 Å². The number of ketones is 1. The minimum Gasteiger partial charge on any atom is -0.304 e. The predicted molar refractivity (Wildman–Crippen MR) is 82.1 cm³/mol. The number of halogens is 1. The van der Waals surface area contributed by atoms with E-state index in [1.54, 1.807) is 23.1 Å². The lowest BCUT2D eigenvalue weighted by molar-refractivity contribution is -0.114. The summed E-state index contributed by atoms with van der Waals surface area (Å²) >= 11 is 5.90. The highest BCUT2D eigenvalue weighted by atomic mass is 35.5. The van der Waals surface area contributed by atoms with Gasteiger partial charge in [-0.3, -0.25) is 14.5 Å². The first-order valence-corrected chi connectivity index (χ1v) is 7.51. The van der Waals surface area contributed by atoms with Gasteiger partial charge in [-0.25, -0.2) is 0 Å². The number of rotatable bonds is 3. The lowest BCUT2D eigenvalue weighted by Gasteiger charge is -2.33. The van der Waals surface area contributed by atoms with Gasteiger partial charge in [0.1, 0.15) is 0 Å². The Bertz CT molecular complexity index is 582. The molecule has 0 spiro atoms. The summed E-state index contributed by atoms with van der Waals surface area (Å²) in [6.07, 6.45) is 0. The van der Waals surface area contributed by atoms with E-state index in [0.29, 0.717) is 22.8 Å². The van der Waals surface area contributed by atoms with Crippen LogP contribution in [0.25, 0.3) is 0 Å². The fraction of sp³-hybridized carbons (Fsp3) is 0.467. The number of likely N-dealkylation sites (N-methyl/N-ethyl adjacent to an activating group) is 1. The number of Topliss-reactive ketones (excluding diaryl/α,β-unsaturated/α-hetero) is 1. The van der Waals surface area contributed by atoms with Gasteiger partial charge >= 0.3 is 0 Å². The summed E-state index contributed by atoms with van der Waals surface area (Å²) in [5, 5.41) is 0.482. The molecule has 1 aromatic rings. The maximum atomic E-state index is 12.1. The molecule has 1 aromatic carbocycles. The molecule has 0 saturated carbocycles. The summed E-state index contributed by atoms with van der Waals surface area (Å²) in [4.78, 5) is 30.3. The van der Waals surface area contributed by atoms with Crippen molar-refractivity contribution in [3.8, 4) is 0 Å². The number of anilines is 1. The summed E-state index contributed by atoms with van der Waals surface area (Å²) in [5.74, 6) is -0.896. The third-order valence-electron chi connectivity index (χ3n) is 4.17. The van der Waals surface area contributed by atoms with Gasteiger partial charge in [0.2, 0.25) is 0 Å². The van der Waals surface area contributed by atoms with Gasteiger partial charge in [-0.2, -0.15) is 0 Å². The van der Waals surface area contributed by atoms with E-state index in [1.165, 1.54) is 0 Å². The lowest BCUT2D eigenvalue weighted by atomic mass is 10.1. The first kappa shape index (κ1) is 14.5. The van der Waals surface area contributed by atoms with Crippen molar-refractivity contribution in [3.05, 3.63) is 28.8 Å². The summed E-state index contributed by atoms with van der Waals surface area (Å²) in [7, 11) is 2.11. The molecule has 0 atom stereocenters. The van der Waals surface area contributed by atoms with Gasteiger partial charge in [0, 0.05) is 44.3 Å². The fourth-order valence-corrected chi connectivity index (χ4v) is 2.98. The Labute approximate surface area is 129 Å². The maximum Gasteiger partial charge on any atom is 0.299 e. The molecule has 1 saturated heterocycles. The predicted octanol–water partition coefficient (Wildman–Crippen LogP) is 1.12. The molecule has 0 unspecified atom stereocenters. The number of carbonyl (C=O) groups is 2. The number of fused-ring (bicyclic) bond motifs is 1. The number of amides is 1. The van der Waals surface area contributed by atoms with E-state index >= 15 is 0 Å². The Morgan fingerprint density at radius 1 is 1.10 bits per heavy atom. The second-order valence-corrected chi connectivity index (χ2v) is 6.03. The minimum atomic E-state index is -0.453. The smallest absolute Gasteiger partial charge is 0.299 e. The molecular weight excluding hydrogens is 290 g/mol. The summed E-state index contributed by atoms with van der Waals surface area (Å²) in [6.45, 7) is 5.41. The van der Waals surface area contributed by atoms with E-state index < -0.39 is 11.7 Å². The molecule has 0 radical (unpaired) electrons. The van der Waals surface area contributed by atoms with Crippen LogP contribution in [-0.2, 0) is 4.79 Å². The van der Waals surface area contributed by atoms with Crippen LogP contribution in [0, 0.1) is 0 Å². The van der Waals surface area contributed by atoms with Crippen LogP contribution in [-0.4, -0.2) is 67.8 Å². The fourth-order valence-electron chi connectivity index (χ4n) is 2.81. The van der Waals surface area contributed by atoms with E-state index in [-0.39, 0.29) is 0 Å². The minimum absolute atomic E-state index is 0.422. The number of piperazine rings is 1. The van der Waals surface area contributed by atoms with E-state index in [0.717, 1.165) is 32.7 Å². The van der Waals surface area contributed by atoms with Crippen molar-refractivity contribution >= 4 is 29.0 Å². The van der Waals surface area contributed by atoms with Gasteiger partial charge in [0.05, 0.1) is 11.3 Å². The molecule has 21 heavy (non-hydrogen) atoms. The first-order chi connectivity index (χ1) is 10.1. The Morgan fingerprint density at radius 2 is 1.81 bits per heavy atom. The Morgan fingerprint density at radius 3 is 2.52 bits per heavy atom. The normalized spacial score (nSPS) is 20.2. The van der Waals surface area contributed by atoms with E-state index in [4.69, 9.17) is 11.6 Å². The molecule has 1 amide bonds. The van der Waals surface area contributed by atoms with Crippen molar-refractivity contribution in [3.63, 3.8) is 0 Å². The van der Waals surface area contributed by atoms with Gasteiger partial charge in [-0.05, 0) is 25.2 Å². The molecule has 2 aliphatic heterocycles. The molecule has 0 aliphatic carbocycles. The molecule has 0 aromatic heterocycles. The molecule has 2 aliphatic rings. The van der Waals surface area contributed by atoms with Gasteiger partial charge in [0.15, 0.2) is 0 Å². The highest BCUT2D eigenvalue weighted by Crippen LogP contribution is 2.30. The van der Waals surface area contributed by atoms with Gasteiger partial charge in [-0.15, -0.1) is 0 Å². The molecule has 112 valence electrons. The van der Waals surface area contributed by atoms with Crippen LogP contribution in [0.1, 0.15) is 10.4 Å². The standard InChI is InChI=1S/C15H18ClN3O2/c1-17-4-6-18(7-5-17)8-9-19-13-3-2-11(16)10-12(13)14(20)15(19)21/h2-3,10H,4-9H2,1H3. The second kappa shape index (κ2) is 5.75. The molecule has 0 bridgehead atoms. The Hall–Kier alpha value is -1.43. The molecule has 2 heterocycles. The highest BCUT2D eigenvalue weighted by Gasteiger charge is 2.35. The molecule has 0 N–H and O–H groups in total. The number of benzene rings is 1. The molecule has 6 heteroatoms. The number of hydrogen-bond donors (Lipinski definition) is 0. The summed E-state index contributed by atoms with van der Waals surface area (Å²) in [6, 6.07) is 5.05. The van der Waals surface area contributed by atoms with Crippen LogP contribution in [0.3, 0.4) is 0 Å². The number of hydrogen-bond acceptors (Lipinski definition) is 4. The molecule has 3 rings (SSSR count). The van der Waals surface area contributed by atoms with Gasteiger partial charge in [-0.1, -0.05) is 11.6 Å². The van der Waals surface area contributed by atoms with E-state index in [2.05, 4.69) is 16.8 Å². The number of nitrogens with zero attached hydrogens (tertiary/aromatic N) is 3. The number of carbonyl (C=O) groups excluding carboxylic acids is 2. The van der Waals surface area contributed by atoms with Crippen molar-refractivity contribution in [2.24, 2.45) is 0 Å². The monoisotopic (exact) mass is 307 g/mol. The third-order valence-corrected chi connectivity index (χ3v) is 4.40. The van der Waals surface area contributed by atoms with Crippen LogP contribution in [0.5, 0.6) is 0 Å². The summed E-state index contributed by atoms with van der Waals surface area (Å²) in [5.41, 5.74) is 1.11. The van der Waals surface area contributed by atoms with Gasteiger partial charge in [0.25, 0.3) is 11.7 Å². The summed E-state index contributed by atoms with van der Waals surface area (Å²) < 4.78 is 0. The SMILES string of the molecule is CN1CCN(CCN2C(=O)C(=O)c3cc(Cl)ccc32)CC1. The zero-order valence-electron chi connectivity index (χ0n) is 12.0. The van der Waals surface area contributed by atoms with Crippen LogP contribution in [0.2, 0.25) is 5.02 Å². The highest BCUT2D eigenvalue weighted by molar-refractivity contribution is 6.52. The topological polar surface area (TPSA) is 43.9 Å². The Balaban J connectivity index is 1.69. The molecule has 1 fully saturated rings. The Kier molecular flexibility index (Phi) is 3.97. The third kappa shape index (κ3) is 2.81. The van der Waals surface area contributed by atoms with Gasteiger partial charge < -0.3 is 9.80 Å². The molecule has 5 nitrogen and oxygen atoms in total. The van der Waals surface area contributed by atoms with Crippen LogP contribution >= 0.6 is 11.6 Å². The quantitative estimate of drug-likeness (QED) is 0.785. The van der Waals surface area contributed by atoms with Crippen LogP contribution < -0.4 is 4.90 Å². The molecular formula is C15H18ClN3O2. The van der Waals surface area contributed by atoms with Crippen LogP contribution in [0.4, 0.5) is 5.69 Å². The lowest BCUT2D eigenvalue weighted by Crippen LogP contribution is -2.47. The van der Waals surface area contributed by atoms with Crippen molar-refractivity contribution in [1.29, 1.82) is 0 Å². The average Bonchev–Trinajstić information content (AvgIpc) is 2.71. The van der Waals surface area contributed by atoms with E-state index in [1.807, 2.05) is 0 Å².